The van der Waals surface area contributed by atoms with E-state index >= 15 is 0 Å². The normalized spacial score (nSPS) is 23.9. The minimum absolute atomic E-state index is 0.747. The molecule has 0 aromatic carbocycles. The number of nitrogens with zero attached hydrogens (tertiary/aromatic N) is 1. The molecule has 1 aromatic heterocycles. The smallest absolute Gasteiger partial charge is 0.105 e. The van der Waals surface area contributed by atoms with E-state index in [1.54, 1.807) is 6.26 Å². The topological polar surface area (TPSA) is 28.4 Å². The zero-order chi connectivity index (χ0) is 11.2. The van der Waals surface area contributed by atoms with E-state index in [-0.39, 0.29) is 0 Å². The van der Waals surface area contributed by atoms with Gasteiger partial charge in [0.25, 0.3) is 0 Å². The van der Waals surface area contributed by atoms with Crippen LogP contribution in [0.3, 0.4) is 0 Å². The maximum Gasteiger partial charge on any atom is 0.105 e. The Morgan fingerprint density at radius 1 is 1.56 bits per heavy atom. The van der Waals surface area contributed by atoms with E-state index in [0.717, 1.165) is 37.7 Å². The molecule has 0 saturated carbocycles. The van der Waals surface area contributed by atoms with Crippen molar-refractivity contribution in [1.82, 2.24) is 10.2 Å². The molecule has 0 bridgehead atoms. The molecule has 1 atom stereocenters. The van der Waals surface area contributed by atoms with E-state index in [2.05, 4.69) is 23.2 Å². The Labute approximate surface area is 97.8 Å². The van der Waals surface area contributed by atoms with Gasteiger partial charge in [-0.25, -0.2) is 0 Å². The first kappa shape index (κ1) is 11.7. The molecule has 0 radical (unpaired) electrons. The molecule has 16 heavy (non-hydrogen) atoms. The van der Waals surface area contributed by atoms with Gasteiger partial charge in [0.15, 0.2) is 0 Å². The Hall–Kier alpha value is -0.800. The highest BCUT2D eigenvalue weighted by atomic mass is 16.3. The minimum atomic E-state index is 0.747. The predicted molar refractivity (Wildman–Crippen MR) is 65.5 cm³/mol. The summed E-state index contributed by atoms with van der Waals surface area (Å²) in [6.07, 6.45) is 4.05. The molecule has 1 fully saturated rings. The molecular weight excluding hydrogens is 200 g/mol. The molecule has 1 unspecified atom stereocenters. The number of furan rings is 1. The van der Waals surface area contributed by atoms with E-state index in [9.17, 15) is 0 Å². The average molecular weight is 222 g/mol. The van der Waals surface area contributed by atoms with Crippen molar-refractivity contribution in [2.75, 3.05) is 32.7 Å². The van der Waals surface area contributed by atoms with Crippen molar-refractivity contribution in [3.05, 3.63) is 24.2 Å². The van der Waals surface area contributed by atoms with Crippen LogP contribution in [0, 0.1) is 5.92 Å². The van der Waals surface area contributed by atoms with Gasteiger partial charge >= 0.3 is 0 Å². The summed E-state index contributed by atoms with van der Waals surface area (Å²) in [7, 11) is 0. The molecule has 1 saturated heterocycles. The first-order valence-electron chi connectivity index (χ1n) is 6.30. The lowest BCUT2D eigenvalue weighted by Crippen LogP contribution is -2.39. The fourth-order valence-corrected chi connectivity index (χ4v) is 2.30. The Morgan fingerprint density at radius 2 is 2.50 bits per heavy atom. The maximum atomic E-state index is 5.37. The lowest BCUT2D eigenvalue weighted by Gasteiger charge is -2.28. The molecule has 1 aliphatic heterocycles. The zero-order valence-electron chi connectivity index (χ0n) is 10.1. The van der Waals surface area contributed by atoms with Crippen molar-refractivity contribution in [1.29, 1.82) is 0 Å². The van der Waals surface area contributed by atoms with E-state index in [4.69, 9.17) is 4.42 Å². The molecule has 0 aliphatic carbocycles. The van der Waals surface area contributed by atoms with E-state index < -0.39 is 0 Å². The van der Waals surface area contributed by atoms with E-state index in [0.29, 0.717) is 0 Å². The second kappa shape index (κ2) is 6.06. The summed E-state index contributed by atoms with van der Waals surface area (Å²) >= 11 is 0. The van der Waals surface area contributed by atoms with Gasteiger partial charge in [-0.1, -0.05) is 6.92 Å². The van der Waals surface area contributed by atoms with Gasteiger partial charge in [0.1, 0.15) is 5.76 Å². The molecule has 1 aromatic rings. The third-order valence-electron chi connectivity index (χ3n) is 3.15. The molecule has 1 aliphatic rings. The molecular formula is C13H22N2O. The van der Waals surface area contributed by atoms with Crippen molar-refractivity contribution in [2.45, 2.75) is 19.8 Å². The van der Waals surface area contributed by atoms with Gasteiger partial charge in [-0.3, -0.25) is 0 Å². The predicted octanol–water partition coefficient (Wildman–Crippen LogP) is 1.75. The van der Waals surface area contributed by atoms with Crippen LogP contribution >= 0.6 is 0 Å². The van der Waals surface area contributed by atoms with Gasteiger partial charge in [0.2, 0.25) is 0 Å². The van der Waals surface area contributed by atoms with Crippen LogP contribution in [0.25, 0.3) is 0 Å². The first-order chi connectivity index (χ1) is 7.84. The largest absolute Gasteiger partial charge is 0.469 e. The standard InChI is InChI=1S/C13H22N2O/c1-12-10-14-6-3-7-15(11-12)8-5-13-4-2-9-16-13/h2,4,9,12,14H,3,5-8,10-11H2,1H3. The average Bonchev–Trinajstić information content (AvgIpc) is 2.74. The van der Waals surface area contributed by atoms with Gasteiger partial charge in [-0.15, -0.1) is 0 Å². The molecule has 3 heteroatoms. The number of hydrogen-bond donors (Lipinski definition) is 1. The first-order valence-corrected chi connectivity index (χ1v) is 6.30. The minimum Gasteiger partial charge on any atom is -0.469 e. The van der Waals surface area contributed by atoms with Crippen LogP contribution in [0.2, 0.25) is 0 Å². The SMILES string of the molecule is CC1CNCCCN(CCc2ccco2)C1. The Morgan fingerprint density at radius 3 is 3.31 bits per heavy atom. The fourth-order valence-electron chi connectivity index (χ4n) is 2.30. The van der Waals surface area contributed by atoms with Gasteiger partial charge in [-0.2, -0.15) is 0 Å². The summed E-state index contributed by atoms with van der Waals surface area (Å²) in [5, 5.41) is 3.48. The highest BCUT2D eigenvalue weighted by Gasteiger charge is 2.13. The fraction of sp³-hybridized carbons (Fsp3) is 0.692. The zero-order valence-corrected chi connectivity index (χ0v) is 10.1. The summed E-state index contributed by atoms with van der Waals surface area (Å²) in [5.74, 6) is 1.85. The van der Waals surface area contributed by atoms with Crippen LogP contribution in [0.4, 0.5) is 0 Å². The summed E-state index contributed by atoms with van der Waals surface area (Å²) < 4.78 is 5.37. The van der Waals surface area contributed by atoms with Crippen LogP contribution in [-0.2, 0) is 6.42 Å². The van der Waals surface area contributed by atoms with Crippen LogP contribution < -0.4 is 5.32 Å². The number of rotatable bonds is 3. The molecule has 0 spiro atoms. The Kier molecular flexibility index (Phi) is 4.43. The van der Waals surface area contributed by atoms with Crippen LogP contribution in [0.1, 0.15) is 19.1 Å². The van der Waals surface area contributed by atoms with Crippen LogP contribution in [0.15, 0.2) is 22.8 Å². The van der Waals surface area contributed by atoms with Crippen molar-refractivity contribution in [3.8, 4) is 0 Å². The molecule has 2 rings (SSSR count). The van der Waals surface area contributed by atoms with Gasteiger partial charge in [-0.05, 0) is 44.1 Å². The summed E-state index contributed by atoms with van der Waals surface area (Å²) in [4.78, 5) is 2.56. The highest BCUT2D eigenvalue weighted by molar-refractivity contribution is 4.98. The lowest BCUT2D eigenvalue weighted by atomic mass is 10.1. The van der Waals surface area contributed by atoms with Crippen molar-refractivity contribution in [3.63, 3.8) is 0 Å². The van der Waals surface area contributed by atoms with Crippen LogP contribution in [-0.4, -0.2) is 37.6 Å². The van der Waals surface area contributed by atoms with Gasteiger partial charge in [0, 0.05) is 19.5 Å². The summed E-state index contributed by atoms with van der Waals surface area (Å²) in [6, 6.07) is 4.03. The molecule has 1 N–H and O–H groups in total. The maximum absolute atomic E-state index is 5.37. The van der Waals surface area contributed by atoms with Crippen molar-refractivity contribution < 1.29 is 4.42 Å². The van der Waals surface area contributed by atoms with E-state index in [1.807, 2.05) is 6.07 Å². The lowest BCUT2D eigenvalue weighted by molar-refractivity contribution is 0.215. The van der Waals surface area contributed by atoms with E-state index in [1.165, 1.54) is 19.5 Å². The third-order valence-corrected chi connectivity index (χ3v) is 3.15. The molecule has 3 nitrogen and oxygen atoms in total. The molecule has 2 heterocycles. The number of hydrogen-bond acceptors (Lipinski definition) is 3. The molecule has 0 amide bonds. The van der Waals surface area contributed by atoms with Gasteiger partial charge < -0.3 is 14.6 Å². The number of nitrogens with one attached hydrogen (secondary N) is 1. The summed E-state index contributed by atoms with van der Waals surface area (Å²) in [6.45, 7) is 8.15. The Bertz CT molecular complexity index is 284. The quantitative estimate of drug-likeness (QED) is 0.844. The molecule has 90 valence electrons. The second-order valence-corrected chi connectivity index (χ2v) is 4.79. The summed E-state index contributed by atoms with van der Waals surface area (Å²) in [5.41, 5.74) is 0. The Balaban J connectivity index is 1.77. The highest BCUT2D eigenvalue weighted by Crippen LogP contribution is 2.07. The monoisotopic (exact) mass is 222 g/mol. The van der Waals surface area contributed by atoms with Crippen molar-refractivity contribution in [2.24, 2.45) is 5.92 Å². The van der Waals surface area contributed by atoms with Crippen LogP contribution in [0.5, 0.6) is 0 Å². The van der Waals surface area contributed by atoms with Crippen molar-refractivity contribution >= 4 is 0 Å². The van der Waals surface area contributed by atoms with Gasteiger partial charge in [0.05, 0.1) is 6.26 Å². The third kappa shape index (κ3) is 3.65. The second-order valence-electron chi connectivity index (χ2n) is 4.79.